The molecular formula is C19H21N3O3. The van der Waals surface area contributed by atoms with Crippen LogP contribution in [0.15, 0.2) is 40.9 Å². The Morgan fingerprint density at radius 2 is 2.08 bits per heavy atom. The summed E-state index contributed by atoms with van der Waals surface area (Å²) in [5.41, 5.74) is 0.750. The third kappa shape index (κ3) is 2.62. The van der Waals surface area contributed by atoms with Gasteiger partial charge in [-0.2, -0.15) is 0 Å². The summed E-state index contributed by atoms with van der Waals surface area (Å²) in [7, 11) is 0. The van der Waals surface area contributed by atoms with Crippen molar-refractivity contribution in [1.29, 1.82) is 0 Å². The van der Waals surface area contributed by atoms with E-state index in [1.54, 1.807) is 6.07 Å². The fraction of sp³-hybridized carbons (Fsp3) is 0.421. The van der Waals surface area contributed by atoms with Gasteiger partial charge in [-0.25, -0.2) is 4.79 Å². The zero-order chi connectivity index (χ0) is 17.4. The van der Waals surface area contributed by atoms with Crippen molar-refractivity contribution in [3.63, 3.8) is 0 Å². The van der Waals surface area contributed by atoms with Crippen LogP contribution in [0.25, 0.3) is 11.3 Å². The maximum absolute atomic E-state index is 13.0. The molecule has 1 aliphatic heterocycles. The molecule has 6 heteroatoms. The Labute approximate surface area is 146 Å². The molecule has 1 aromatic heterocycles. The zero-order valence-corrected chi connectivity index (χ0v) is 14.2. The van der Waals surface area contributed by atoms with Gasteiger partial charge in [0.2, 0.25) is 0 Å². The van der Waals surface area contributed by atoms with Gasteiger partial charge in [0, 0.05) is 11.6 Å². The predicted molar refractivity (Wildman–Crippen MR) is 91.4 cm³/mol. The Bertz CT molecular complexity index is 801. The summed E-state index contributed by atoms with van der Waals surface area (Å²) in [6, 6.07) is 11.1. The molecule has 2 atom stereocenters. The molecule has 3 amide bonds. The third-order valence-corrected chi connectivity index (χ3v) is 5.44. The highest BCUT2D eigenvalue weighted by Gasteiger charge is 2.54. The second-order valence-corrected chi connectivity index (χ2v) is 6.99. The average Bonchev–Trinajstić information content (AvgIpc) is 3.18. The molecule has 1 aromatic carbocycles. The molecule has 25 heavy (non-hydrogen) atoms. The molecule has 0 bridgehead atoms. The van der Waals surface area contributed by atoms with Gasteiger partial charge in [0.15, 0.2) is 5.76 Å². The van der Waals surface area contributed by atoms with Gasteiger partial charge in [-0.3, -0.25) is 9.69 Å². The minimum absolute atomic E-state index is 0.131. The van der Waals surface area contributed by atoms with Crippen molar-refractivity contribution >= 4 is 11.9 Å². The third-order valence-electron chi connectivity index (χ3n) is 5.44. The quantitative estimate of drug-likeness (QED) is 0.870. The number of hydrogen-bond donors (Lipinski definition) is 1. The van der Waals surface area contributed by atoms with E-state index in [1.807, 2.05) is 37.3 Å². The number of benzene rings is 1. The first-order chi connectivity index (χ1) is 12.1. The standard InChI is InChI=1S/C19H21N3O3/c1-13-7-5-6-10-19(13)17(23)22(18(24)20-19)12-15-11-16(25-21-15)14-8-3-2-4-9-14/h2-4,8-9,11,13H,5-7,10,12H2,1H3,(H,20,24). The van der Waals surface area contributed by atoms with E-state index < -0.39 is 5.54 Å². The number of hydrogen-bond acceptors (Lipinski definition) is 4. The summed E-state index contributed by atoms with van der Waals surface area (Å²) in [6.07, 6.45) is 3.74. The number of urea groups is 1. The number of carbonyl (C=O) groups excluding carboxylic acids is 2. The number of imide groups is 1. The van der Waals surface area contributed by atoms with Gasteiger partial charge in [0.1, 0.15) is 11.2 Å². The van der Waals surface area contributed by atoms with Crippen molar-refractivity contribution in [3.05, 3.63) is 42.1 Å². The average molecular weight is 339 g/mol. The van der Waals surface area contributed by atoms with Crippen LogP contribution in [0.1, 0.15) is 38.3 Å². The van der Waals surface area contributed by atoms with E-state index in [4.69, 9.17) is 4.52 Å². The largest absolute Gasteiger partial charge is 0.356 e. The number of nitrogens with one attached hydrogen (secondary N) is 1. The molecule has 6 nitrogen and oxygen atoms in total. The monoisotopic (exact) mass is 339 g/mol. The first kappa shape index (κ1) is 15.9. The van der Waals surface area contributed by atoms with Crippen LogP contribution in [-0.2, 0) is 11.3 Å². The molecular weight excluding hydrogens is 318 g/mol. The maximum Gasteiger partial charge on any atom is 0.325 e. The smallest absolute Gasteiger partial charge is 0.325 e. The fourth-order valence-electron chi connectivity index (χ4n) is 3.93. The molecule has 2 unspecified atom stereocenters. The van der Waals surface area contributed by atoms with Crippen LogP contribution in [0.2, 0.25) is 0 Å². The van der Waals surface area contributed by atoms with Gasteiger partial charge in [-0.1, -0.05) is 55.3 Å². The van der Waals surface area contributed by atoms with Crippen molar-refractivity contribution in [1.82, 2.24) is 15.4 Å². The maximum atomic E-state index is 13.0. The molecule has 1 N–H and O–H groups in total. The van der Waals surface area contributed by atoms with Gasteiger partial charge in [0.25, 0.3) is 5.91 Å². The van der Waals surface area contributed by atoms with Crippen molar-refractivity contribution < 1.29 is 14.1 Å². The second-order valence-electron chi connectivity index (χ2n) is 6.99. The summed E-state index contributed by atoms with van der Waals surface area (Å²) in [5, 5.41) is 6.99. The van der Waals surface area contributed by atoms with Crippen molar-refractivity contribution in [2.75, 3.05) is 0 Å². The van der Waals surface area contributed by atoms with Crippen LogP contribution in [0.5, 0.6) is 0 Å². The van der Waals surface area contributed by atoms with Crippen LogP contribution >= 0.6 is 0 Å². The van der Waals surface area contributed by atoms with Crippen LogP contribution in [0.4, 0.5) is 4.79 Å². The Balaban J connectivity index is 1.54. The summed E-state index contributed by atoms with van der Waals surface area (Å²) in [5.74, 6) is 0.650. The lowest BCUT2D eigenvalue weighted by Crippen LogP contribution is -2.53. The molecule has 2 aliphatic rings. The van der Waals surface area contributed by atoms with Crippen molar-refractivity contribution in [2.45, 2.75) is 44.7 Å². The molecule has 4 rings (SSSR count). The summed E-state index contributed by atoms with van der Waals surface area (Å²) in [6.45, 7) is 2.18. The zero-order valence-electron chi connectivity index (χ0n) is 14.2. The van der Waals surface area contributed by atoms with Crippen molar-refractivity contribution in [3.8, 4) is 11.3 Å². The van der Waals surface area contributed by atoms with E-state index in [2.05, 4.69) is 10.5 Å². The van der Waals surface area contributed by atoms with Gasteiger partial charge >= 0.3 is 6.03 Å². The molecule has 2 heterocycles. The van der Waals surface area contributed by atoms with Gasteiger partial charge in [-0.05, 0) is 18.8 Å². The van der Waals surface area contributed by atoms with E-state index in [-0.39, 0.29) is 24.4 Å². The van der Waals surface area contributed by atoms with E-state index in [0.717, 1.165) is 24.8 Å². The van der Waals surface area contributed by atoms with E-state index >= 15 is 0 Å². The molecule has 2 aromatic rings. The summed E-state index contributed by atoms with van der Waals surface area (Å²) in [4.78, 5) is 26.7. The van der Waals surface area contributed by atoms with Crippen molar-refractivity contribution in [2.24, 2.45) is 5.92 Å². The first-order valence-corrected chi connectivity index (χ1v) is 8.75. The van der Waals surface area contributed by atoms with Gasteiger partial charge in [-0.15, -0.1) is 0 Å². The number of aromatic nitrogens is 1. The van der Waals surface area contributed by atoms with E-state index in [9.17, 15) is 9.59 Å². The molecule has 1 saturated carbocycles. The second kappa shape index (κ2) is 6.02. The lowest BCUT2D eigenvalue weighted by atomic mass is 9.73. The van der Waals surface area contributed by atoms with E-state index in [0.29, 0.717) is 17.9 Å². The van der Waals surface area contributed by atoms with Gasteiger partial charge < -0.3 is 9.84 Å². The van der Waals surface area contributed by atoms with E-state index in [1.165, 1.54) is 4.90 Å². The number of rotatable bonds is 3. The highest BCUT2D eigenvalue weighted by atomic mass is 16.5. The highest BCUT2D eigenvalue weighted by molar-refractivity contribution is 6.07. The topological polar surface area (TPSA) is 75.4 Å². The minimum atomic E-state index is -0.735. The van der Waals surface area contributed by atoms with Crippen LogP contribution in [0, 0.1) is 5.92 Å². The molecule has 1 saturated heterocycles. The van der Waals surface area contributed by atoms with Crippen LogP contribution < -0.4 is 5.32 Å². The number of carbonyl (C=O) groups is 2. The molecule has 2 fully saturated rings. The lowest BCUT2D eigenvalue weighted by molar-refractivity contribution is -0.134. The first-order valence-electron chi connectivity index (χ1n) is 8.75. The Hall–Kier alpha value is -2.63. The van der Waals surface area contributed by atoms with Crippen LogP contribution in [0.3, 0.4) is 0 Å². The number of amides is 3. The molecule has 1 aliphatic carbocycles. The Kier molecular flexibility index (Phi) is 3.82. The predicted octanol–water partition coefficient (Wildman–Crippen LogP) is 3.34. The fourth-order valence-corrected chi connectivity index (χ4v) is 3.93. The molecule has 1 spiro atoms. The summed E-state index contributed by atoms with van der Waals surface area (Å²) < 4.78 is 5.37. The lowest BCUT2D eigenvalue weighted by Gasteiger charge is -2.36. The Morgan fingerprint density at radius 1 is 1.28 bits per heavy atom. The van der Waals surface area contributed by atoms with Gasteiger partial charge in [0.05, 0.1) is 6.54 Å². The Morgan fingerprint density at radius 3 is 2.84 bits per heavy atom. The normalized spacial score (nSPS) is 26.3. The minimum Gasteiger partial charge on any atom is -0.356 e. The summed E-state index contributed by atoms with van der Waals surface area (Å²) >= 11 is 0. The molecule has 130 valence electrons. The number of nitrogens with zero attached hydrogens (tertiary/aromatic N) is 2. The van der Waals surface area contributed by atoms with Crippen LogP contribution in [-0.4, -0.2) is 27.5 Å². The molecule has 0 radical (unpaired) electrons. The highest BCUT2D eigenvalue weighted by Crippen LogP contribution is 2.38. The SMILES string of the molecule is CC1CCCCC12NC(=O)N(Cc1cc(-c3ccccc3)on1)C2=O.